The molecule has 0 amide bonds. The molecule has 0 saturated carbocycles. The maximum Gasteiger partial charge on any atom is 0.150 e. The van der Waals surface area contributed by atoms with Gasteiger partial charge in [-0.2, -0.15) is 0 Å². The normalized spacial score (nSPS) is 12.2. The molecule has 0 aliphatic heterocycles. The third-order valence-corrected chi connectivity index (χ3v) is 2.53. The Bertz CT molecular complexity index is 318. The first kappa shape index (κ1) is 10.8. The molecule has 76 valence electrons. The third-order valence-electron chi connectivity index (χ3n) is 2.53. The Labute approximate surface area is 84.9 Å². The van der Waals surface area contributed by atoms with Gasteiger partial charge in [-0.15, -0.1) is 0 Å². The molecule has 0 spiro atoms. The van der Waals surface area contributed by atoms with Crippen molar-refractivity contribution >= 4 is 6.29 Å². The summed E-state index contributed by atoms with van der Waals surface area (Å²) >= 11 is 0. The molecule has 2 nitrogen and oxygen atoms in total. The van der Waals surface area contributed by atoms with Crippen LogP contribution < -0.4 is 4.74 Å². The highest BCUT2D eigenvalue weighted by Gasteiger charge is 2.10. The first-order valence-electron chi connectivity index (χ1n) is 4.86. The van der Waals surface area contributed by atoms with E-state index in [0.29, 0.717) is 11.5 Å². The molecule has 0 radical (unpaired) electrons. The monoisotopic (exact) mass is 192 g/mol. The van der Waals surface area contributed by atoms with E-state index in [1.165, 1.54) is 0 Å². The van der Waals surface area contributed by atoms with E-state index in [2.05, 4.69) is 13.8 Å². The summed E-state index contributed by atoms with van der Waals surface area (Å²) in [5.74, 6) is 1.29. The first-order chi connectivity index (χ1) is 6.72. The molecule has 1 atom stereocenters. The predicted octanol–water partition coefficient (Wildman–Crippen LogP) is 3.02. The second-order valence-electron chi connectivity index (χ2n) is 3.43. The van der Waals surface area contributed by atoms with Crippen LogP contribution in [-0.2, 0) is 0 Å². The zero-order valence-corrected chi connectivity index (χ0v) is 8.91. The molecule has 14 heavy (non-hydrogen) atoms. The Balaban J connectivity index is 3.14. The Morgan fingerprint density at radius 2 is 2.21 bits per heavy atom. The summed E-state index contributed by atoms with van der Waals surface area (Å²) in [6.45, 7) is 4.25. The number of hydrogen-bond donors (Lipinski definition) is 0. The van der Waals surface area contributed by atoms with E-state index >= 15 is 0 Å². The van der Waals surface area contributed by atoms with Crippen LogP contribution in [0.5, 0.6) is 5.75 Å². The summed E-state index contributed by atoms with van der Waals surface area (Å²) in [5, 5.41) is 0. The van der Waals surface area contributed by atoms with Gasteiger partial charge in [0.25, 0.3) is 0 Å². The molecule has 0 saturated heterocycles. The van der Waals surface area contributed by atoms with Crippen molar-refractivity contribution in [2.24, 2.45) is 0 Å². The van der Waals surface area contributed by atoms with Crippen molar-refractivity contribution < 1.29 is 9.53 Å². The smallest absolute Gasteiger partial charge is 0.150 e. The maximum atomic E-state index is 10.6. The molecule has 0 aliphatic carbocycles. The highest BCUT2D eigenvalue weighted by atomic mass is 16.5. The lowest BCUT2D eigenvalue weighted by Crippen LogP contribution is -1.97. The number of rotatable bonds is 4. The van der Waals surface area contributed by atoms with Gasteiger partial charge in [0.2, 0.25) is 0 Å². The van der Waals surface area contributed by atoms with Crippen molar-refractivity contribution in [2.75, 3.05) is 7.11 Å². The summed E-state index contributed by atoms with van der Waals surface area (Å²) < 4.78 is 5.25. The Morgan fingerprint density at radius 1 is 1.50 bits per heavy atom. The van der Waals surface area contributed by atoms with Crippen LogP contribution in [0.25, 0.3) is 0 Å². The standard InChI is InChI=1S/C12H16O2/c1-4-9(2)11-7-10(8-13)5-6-12(11)14-3/h5-9H,4H2,1-3H3/t9-/m0/s1. The SMILES string of the molecule is CC[C@H](C)c1cc(C=O)ccc1OC. The van der Waals surface area contributed by atoms with Crippen molar-refractivity contribution in [3.8, 4) is 5.75 Å². The van der Waals surface area contributed by atoms with E-state index in [0.717, 1.165) is 24.0 Å². The van der Waals surface area contributed by atoms with Gasteiger partial charge in [-0.05, 0) is 36.1 Å². The minimum absolute atomic E-state index is 0.421. The highest BCUT2D eigenvalue weighted by molar-refractivity contribution is 5.75. The number of aldehydes is 1. The molecule has 1 aromatic rings. The third kappa shape index (κ3) is 2.13. The van der Waals surface area contributed by atoms with E-state index in [-0.39, 0.29) is 0 Å². The Hall–Kier alpha value is -1.31. The zero-order chi connectivity index (χ0) is 10.6. The fraction of sp³-hybridized carbons (Fsp3) is 0.417. The van der Waals surface area contributed by atoms with Crippen LogP contribution in [0.15, 0.2) is 18.2 Å². The largest absolute Gasteiger partial charge is 0.496 e. The van der Waals surface area contributed by atoms with Gasteiger partial charge in [0, 0.05) is 5.56 Å². The van der Waals surface area contributed by atoms with E-state index < -0.39 is 0 Å². The number of carbonyl (C=O) groups excluding carboxylic acids is 1. The molecule has 1 aromatic carbocycles. The quantitative estimate of drug-likeness (QED) is 0.685. The average molecular weight is 192 g/mol. The van der Waals surface area contributed by atoms with Crippen LogP contribution in [0.3, 0.4) is 0 Å². The van der Waals surface area contributed by atoms with Gasteiger partial charge >= 0.3 is 0 Å². The molecule has 0 fully saturated rings. The number of hydrogen-bond acceptors (Lipinski definition) is 2. The minimum atomic E-state index is 0.421. The zero-order valence-electron chi connectivity index (χ0n) is 8.91. The molecule has 1 rings (SSSR count). The van der Waals surface area contributed by atoms with Crippen molar-refractivity contribution in [1.82, 2.24) is 0 Å². The Kier molecular flexibility index (Phi) is 3.69. The van der Waals surface area contributed by atoms with Crippen LogP contribution in [0.1, 0.15) is 42.1 Å². The molecule has 0 N–H and O–H groups in total. The van der Waals surface area contributed by atoms with Crippen molar-refractivity contribution in [1.29, 1.82) is 0 Å². The number of ether oxygens (including phenoxy) is 1. The van der Waals surface area contributed by atoms with Gasteiger partial charge in [-0.25, -0.2) is 0 Å². The molecular formula is C12H16O2. The van der Waals surface area contributed by atoms with Gasteiger partial charge in [-0.1, -0.05) is 13.8 Å². The summed E-state index contributed by atoms with van der Waals surface area (Å²) in [6, 6.07) is 5.53. The summed E-state index contributed by atoms with van der Waals surface area (Å²) in [4.78, 5) is 10.6. The van der Waals surface area contributed by atoms with Gasteiger partial charge < -0.3 is 4.74 Å². The molecule has 0 aromatic heterocycles. The molecule has 0 aliphatic rings. The lowest BCUT2D eigenvalue weighted by atomic mass is 9.96. The van der Waals surface area contributed by atoms with Crippen LogP contribution in [0.2, 0.25) is 0 Å². The van der Waals surface area contributed by atoms with E-state index in [4.69, 9.17) is 4.74 Å². The van der Waals surface area contributed by atoms with Gasteiger partial charge in [0.1, 0.15) is 12.0 Å². The molecule has 2 heteroatoms. The van der Waals surface area contributed by atoms with Gasteiger partial charge in [-0.3, -0.25) is 4.79 Å². The summed E-state index contributed by atoms with van der Waals surface area (Å²) in [7, 11) is 1.65. The number of benzene rings is 1. The maximum absolute atomic E-state index is 10.6. The molecular weight excluding hydrogens is 176 g/mol. The second kappa shape index (κ2) is 4.80. The minimum Gasteiger partial charge on any atom is -0.496 e. The average Bonchev–Trinajstić information content (AvgIpc) is 2.27. The topological polar surface area (TPSA) is 26.3 Å². The van der Waals surface area contributed by atoms with Crippen LogP contribution in [0, 0.1) is 0 Å². The van der Waals surface area contributed by atoms with Crippen LogP contribution in [0.4, 0.5) is 0 Å². The van der Waals surface area contributed by atoms with Gasteiger partial charge in [0.15, 0.2) is 0 Å². The summed E-state index contributed by atoms with van der Waals surface area (Å²) in [6.07, 6.45) is 1.91. The molecule has 0 bridgehead atoms. The predicted molar refractivity (Wildman–Crippen MR) is 57.1 cm³/mol. The van der Waals surface area contributed by atoms with E-state index in [9.17, 15) is 4.79 Å². The van der Waals surface area contributed by atoms with Crippen molar-refractivity contribution in [3.63, 3.8) is 0 Å². The van der Waals surface area contributed by atoms with Gasteiger partial charge in [0.05, 0.1) is 7.11 Å². The fourth-order valence-electron chi connectivity index (χ4n) is 1.43. The molecule has 0 unspecified atom stereocenters. The molecule has 0 heterocycles. The Morgan fingerprint density at radius 3 is 2.71 bits per heavy atom. The van der Waals surface area contributed by atoms with Crippen LogP contribution in [-0.4, -0.2) is 13.4 Å². The highest BCUT2D eigenvalue weighted by Crippen LogP contribution is 2.29. The van der Waals surface area contributed by atoms with Crippen molar-refractivity contribution in [2.45, 2.75) is 26.2 Å². The number of methoxy groups -OCH3 is 1. The summed E-state index contributed by atoms with van der Waals surface area (Å²) in [5.41, 5.74) is 1.82. The first-order valence-corrected chi connectivity index (χ1v) is 4.86. The lowest BCUT2D eigenvalue weighted by Gasteiger charge is -2.14. The fourth-order valence-corrected chi connectivity index (χ4v) is 1.43. The number of carbonyl (C=O) groups is 1. The van der Waals surface area contributed by atoms with E-state index in [1.807, 2.05) is 12.1 Å². The second-order valence-corrected chi connectivity index (χ2v) is 3.43. The van der Waals surface area contributed by atoms with Crippen molar-refractivity contribution in [3.05, 3.63) is 29.3 Å². The lowest BCUT2D eigenvalue weighted by molar-refractivity contribution is 0.112. The van der Waals surface area contributed by atoms with E-state index in [1.54, 1.807) is 13.2 Å². The van der Waals surface area contributed by atoms with Crippen LogP contribution >= 0.6 is 0 Å².